The molecule has 1 aliphatic carbocycles. The van der Waals surface area contributed by atoms with Crippen molar-refractivity contribution in [3.63, 3.8) is 0 Å². The van der Waals surface area contributed by atoms with E-state index in [1.807, 2.05) is 0 Å². The van der Waals surface area contributed by atoms with Gasteiger partial charge in [0.1, 0.15) is 23.4 Å². The lowest BCUT2D eigenvalue weighted by Crippen LogP contribution is -2.55. The highest BCUT2D eigenvalue weighted by Crippen LogP contribution is 2.27. The van der Waals surface area contributed by atoms with Crippen molar-refractivity contribution < 1.29 is 24.2 Å². The molecule has 0 radical (unpaired) electrons. The number of hydrogen-bond donors (Lipinski definition) is 3. The lowest BCUT2D eigenvalue weighted by Gasteiger charge is -2.28. The third-order valence-corrected chi connectivity index (χ3v) is 8.50. The molecule has 1 saturated heterocycles. The van der Waals surface area contributed by atoms with Gasteiger partial charge < -0.3 is 20.5 Å². The number of carbonyl (C=O) groups excluding carboxylic acids is 3. The first-order valence-electron chi connectivity index (χ1n) is 12.6. The van der Waals surface area contributed by atoms with Crippen LogP contribution < -0.4 is 10.6 Å². The maximum Gasteiger partial charge on any atom is 0.411 e. The Kier molecular flexibility index (Phi) is 10.7. The number of nitrogens with zero attached hydrogens (tertiary/aromatic N) is 1. The first kappa shape index (κ1) is 28.5. The lowest BCUT2D eigenvalue weighted by molar-refractivity contribution is -0.130. The topological polar surface area (TPSA) is 108 Å². The molecule has 2 atom stereocenters. The van der Waals surface area contributed by atoms with E-state index in [-0.39, 0.29) is 17.6 Å². The molecule has 1 saturated carbocycles. The van der Waals surface area contributed by atoms with Crippen LogP contribution in [0.25, 0.3) is 0 Å². The van der Waals surface area contributed by atoms with E-state index in [0.717, 1.165) is 11.3 Å². The summed E-state index contributed by atoms with van der Waals surface area (Å²) < 4.78 is 5.47. The molecule has 1 aromatic carbocycles. The number of aromatic hydroxyl groups is 1. The van der Waals surface area contributed by atoms with Crippen LogP contribution in [0.5, 0.6) is 5.75 Å². The van der Waals surface area contributed by atoms with Crippen LogP contribution in [0.1, 0.15) is 58.4 Å². The van der Waals surface area contributed by atoms with Crippen molar-refractivity contribution in [2.45, 2.75) is 77.1 Å². The SMILES string of the molecule is CC(C)(C)OC(=O)N1CSC[C@H]1C(=O)NC(CSCC1CCCCC1)C(=O)NCc1ccc(O)cc1. The number of carbonyl (C=O) groups is 3. The highest BCUT2D eigenvalue weighted by atomic mass is 32.2. The van der Waals surface area contributed by atoms with Crippen molar-refractivity contribution in [2.24, 2.45) is 5.92 Å². The van der Waals surface area contributed by atoms with Gasteiger partial charge in [-0.1, -0.05) is 31.4 Å². The average molecular weight is 538 g/mol. The monoisotopic (exact) mass is 537 g/mol. The van der Waals surface area contributed by atoms with Gasteiger partial charge in [-0.25, -0.2) is 4.79 Å². The number of phenols is 1. The van der Waals surface area contributed by atoms with Crippen LogP contribution in [0.3, 0.4) is 0 Å². The molecule has 0 aromatic heterocycles. The lowest BCUT2D eigenvalue weighted by atomic mass is 9.91. The molecule has 1 unspecified atom stereocenters. The minimum absolute atomic E-state index is 0.165. The quantitative estimate of drug-likeness (QED) is 0.435. The highest BCUT2D eigenvalue weighted by Gasteiger charge is 2.38. The summed E-state index contributed by atoms with van der Waals surface area (Å²) in [4.78, 5) is 40.4. The third kappa shape index (κ3) is 9.10. The van der Waals surface area contributed by atoms with Gasteiger partial charge in [-0.15, -0.1) is 11.8 Å². The Balaban J connectivity index is 1.61. The Labute approximate surface area is 222 Å². The molecule has 1 aromatic rings. The maximum absolute atomic E-state index is 13.2. The van der Waals surface area contributed by atoms with Crippen LogP contribution >= 0.6 is 23.5 Å². The van der Waals surface area contributed by atoms with Gasteiger partial charge in [-0.05, 0) is 63.0 Å². The molecule has 1 heterocycles. The van der Waals surface area contributed by atoms with E-state index < -0.39 is 23.8 Å². The normalized spacial score (nSPS) is 19.5. The van der Waals surface area contributed by atoms with E-state index in [1.165, 1.54) is 48.8 Å². The predicted molar refractivity (Wildman–Crippen MR) is 145 cm³/mol. The third-order valence-electron chi connectivity index (χ3n) is 6.21. The molecular formula is C26H39N3O5S2. The van der Waals surface area contributed by atoms with Crippen molar-refractivity contribution in [2.75, 3.05) is 23.1 Å². The van der Waals surface area contributed by atoms with Crippen LogP contribution in [0.4, 0.5) is 4.79 Å². The van der Waals surface area contributed by atoms with Gasteiger partial charge in [-0.3, -0.25) is 14.5 Å². The van der Waals surface area contributed by atoms with E-state index in [0.29, 0.717) is 29.8 Å². The summed E-state index contributed by atoms with van der Waals surface area (Å²) in [6.45, 7) is 5.67. The van der Waals surface area contributed by atoms with Gasteiger partial charge in [0.15, 0.2) is 0 Å². The molecule has 3 amide bonds. The van der Waals surface area contributed by atoms with E-state index in [1.54, 1.807) is 56.8 Å². The minimum Gasteiger partial charge on any atom is -0.508 e. The Morgan fingerprint density at radius 1 is 1.17 bits per heavy atom. The molecule has 8 nitrogen and oxygen atoms in total. The summed E-state index contributed by atoms with van der Waals surface area (Å²) in [6, 6.07) is 5.24. The fourth-order valence-electron chi connectivity index (χ4n) is 4.24. The second-order valence-electron chi connectivity index (χ2n) is 10.5. The van der Waals surface area contributed by atoms with Crippen LogP contribution in [-0.4, -0.2) is 68.7 Å². The van der Waals surface area contributed by atoms with E-state index in [2.05, 4.69) is 10.6 Å². The van der Waals surface area contributed by atoms with Crippen molar-refractivity contribution >= 4 is 41.4 Å². The summed E-state index contributed by atoms with van der Waals surface area (Å²) in [5.41, 5.74) is 0.196. The van der Waals surface area contributed by atoms with Crippen molar-refractivity contribution in [1.29, 1.82) is 0 Å². The summed E-state index contributed by atoms with van der Waals surface area (Å²) in [6.07, 6.45) is 5.75. The second-order valence-corrected chi connectivity index (χ2v) is 12.5. The van der Waals surface area contributed by atoms with Gasteiger partial charge in [-0.2, -0.15) is 11.8 Å². The molecule has 3 N–H and O–H groups in total. The number of nitrogens with one attached hydrogen (secondary N) is 2. The number of thioether (sulfide) groups is 2. The number of hydrogen-bond acceptors (Lipinski definition) is 7. The molecule has 3 rings (SSSR count). The number of amides is 3. The second kappa shape index (κ2) is 13.5. The van der Waals surface area contributed by atoms with Crippen molar-refractivity contribution in [1.82, 2.24) is 15.5 Å². The number of phenolic OH excluding ortho intramolecular Hbond substituents is 1. The van der Waals surface area contributed by atoms with Crippen LogP contribution in [0, 0.1) is 5.92 Å². The fourth-order valence-corrected chi connectivity index (χ4v) is 6.66. The summed E-state index contributed by atoms with van der Waals surface area (Å²) >= 11 is 3.19. The zero-order valence-electron chi connectivity index (χ0n) is 21.5. The van der Waals surface area contributed by atoms with Gasteiger partial charge in [0.25, 0.3) is 0 Å². The zero-order chi connectivity index (χ0) is 26.1. The predicted octanol–water partition coefficient (Wildman–Crippen LogP) is 4.12. The first-order chi connectivity index (χ1) is 17.1. The molecule has 0 bridgehead atoms. The number of ether oxygens (including phenoxy) is 1. The summed E-state index contributed by atoms with van der Waals surface area (Å²) in [5, 5.41) is 15.3. The average Bonchev–Trinajstić information content (AvgIpc) is 3.33. The molecule has 36 heavy (non-hydrogen) atoms. The van der Waals surface area contributed by atoms with Crippen molar-refractivity contribution in [3.05, 3.63) is 29.8 Å². The van der Waals surface area contributed by atoms with Crippen molar-refractivity contribution in [3.8, 4) is 5.75 Å². The summed E-state index contributed by atoms with van der Waals surface area (Å²) in [5.74, 6) is 2.50. The van der Waals surface area contributed by atoms with Gasteiger partial charge in [0, 0.05) is 18.1 Å². The largest absolute Gasteiger partial charge is 0.508 e. The van der Waals surface area contributed by atoms with Gasteiger partial charge in [0.2, 0.25) is 11.8 Å². The minimum atomic E-state index is -0.714. The summed E-state index contributed by atoms with van der Waals surface area (Å²) in [7, 11) is 0. The number of benzene rings is 1. The van der Waals surface area contributed by atoms with E-state index in [4.69, 9.17) is 4.74 Å². The molecule has 200 valence electrons. The Bertz CT molecular complexity index is 885. The molecule has 2 fully saturated rings. The molecule has 1 aliphatic heterocycles. The van der Waals surface area contributed by atoms with Crippen LogP contribution in [-0.2, 0) is 20.9 Å². The van der Waals surface area contributed by atoms with Gasteiger partial charge in [0.05, 0.1) is 5.88 Å². The smallest absolute Gasteiger partial charge is 0.411 e. The first-order valence-corrected chi connectivity index (χ1v) is 14.9. The van der Waals surface area contributed by atoms with Crippen LogP contribution in [0.15, 0.2) is 24.3 Å². The van der Waals surface area contributed by atoms with E-state index in [9.17, 15) is 19.5 Å². The Morgan fingerprint density at radius 2 is 1.86 bits per heavy atom. The van der Waals surface area contributed by atoms with Crippen LogP contribution in [0.2, 0.25) is 0 Å². The number of rotatable bonds is 9. The maximum atomic E-state index is 13.2. The fraction of sp³-hybridized carbons (Fsp3) is 0.654. The molecule has 10 heteroatoms. The standard InChI is InChI=1S/C26H39N3O5S2/c1-26(2,3)34-25(33)29-17-36-16-22(29)24(32)28-21(15-35-14-19-7-5-4-6-8-19)23(31)27-13-18-9-11-20(30)12-10-18/h9-12,19,21-22,30H,4-8,13-17H2,1-3H3,(H,27,31)(H,28,32)/t21?,22-/m0/s1. The molecule has 2 aliphatic rings. The molecular weight excluding hydrogens is 498 g/mol. The zero-order valence-corrected chi connectivity index (χ0v) is 23.1. The van der Waals surface area contributed by atoms with Gasteiger partial charge >= 0.3 is 6.09 Å². The molecule has 0 spiro atoms. The highest BCUT2D eigenvalue weighted by molar-refractivity contribution is 7.99. The van der Waals surface area contributed by atoms with E-state index >= 15 is 0 Å². The Morgan fingerprint density at radius 3 is 2.53 bits per heavy atom. The Hall–Kier alpha value is -2.07.